The van der Waals surface area contributed by atoms with Crippen LogP contribution in [0.25, 0.3) is 0 Å². The Hall–Kier alpha value is -2.60. The van der Waals surface area contributed by atoms with Crippen LogP contribution >= 0.6 is 0 Å². The molecule has 1 atom stereocenters. The van der Waals surface area contributed by atoms with Gasteiger partial charge in [-0.2, -0.15) is 13.7 Å². The van der Waals surface area contributed by atoms with Crippen LogP contribution in [-0.4, -0.2) is 37.7 Å². The molecule has 0 bridgehead atoms. The maximum atomic E-state index is 11.3. The highest BCUT2D eigenvalue weighted by Gasteiger charge is 2.29. The molecule has 1 unspecified atom stereocenters. The summed E-state index contributed by atoms with van der Waals surface area (Å²) < 4.78 is 31.8. The van der Waals surface area contributed by atoms with Crippen molar-refractivity contribution in [3.63, 3.8) is 0 Å². The van der Waals surface area contributed by atoms with E-state index in [0.29, 0.717) is 23.8 Å². The molecule has 8 heteroatoms. The van der Waals surface area contributed by atoms with Crippen molar-refractivity contribution in [2.24, 2.45) is 17.8 Å². The van der Waals surface area contributed by atoms with Gasteiger partial charge in [-0.05, 0) is 86.3 Å². The highest BCUT2D eigenvalue weighted by Crippen LogP contribution is 2.37. The lowest BCUT2D eigenvalue weighted by Crippen LogP contribution is -2.36. The van der Waals surface area contributed by atoms with Crippen molar-refractivity contribution >= 4 is 21.5 Å². The number of hydrogen-bond acceptors (Lipinski definition) is 6. The Bertz CT molecular complexity index is 1150. The van der Waals surface area contributed by atoms with Crippen LogP contribution in [0.1, 0.15) is 70.1 Å². The van der Waals surface area contributed by atoms with Crippen LogP contribution in [-0.2, 0) is 16.5 Å². The molecule has 1 heterocycles. The molecule has 3 N–H and O–H groups in total. The van der Waals surface area contributed by atoms with E-state index in [4.69, 9.17) is 5.26 Å². The van der Waals surface area contributed by atoms with Crippen molar-refractivity contribution in [3.05, 3.63) is 53.6 Å². The average molecular weight is 528 g/mol. The van der Waals surface area contributed by atoms with Crippen molar-refractivity contribution in [2.45, 2.75) is 70.3 Å². The molecule has 0 radical (unpaired) electrons. The summed E-state index contributed by atoms with van der Waals surface area (Å²) in [7, 11) is -4.27. The third-order valence-corrected chi connectivity index (χ3v) is 8.10. The lowest BCUT2D eigenvalue weighted by Gasteiger charge is -2.37. The minimum atomic E-state index is -4.27. The smallest absolute Gasteiger partial charge is 0.294 e. The topological polar surface area (TPSA) is 114 Å². The summed E-state index contributed by atoms with van der Waals surface area (Å²) in [5.74, 6) is 1.39. The normalized spacial score (nSPS) is 21.4. The number of aliphatic hydroxyl groups excluding tert-OH is 1. The fourth-order valence-corrected chi connectivity index (χ4v) is 5.47. The molecule has 202 valence electrons. The van der Waals surface area contributed by atoms with E-state index >= 15 is 0 Å². The first-order chi connectivity index (χ1) is 17.6. The van der Waals surface area contributed by atoms with Crippen molar-refractivity contribution in [1.82, 2.24) is 0 Å². The summed E-state index contributed by atoms with van der Waals surface area (Å²) >= 11 is 0. The molecule has 0 spiro atoms. The average Bonchev–Trinajstić information content (AvgIpc) is 2.89. The molecule has 1 saturated carbocycles. The molecule has 2 aliphatic rings. The van der Waals surface area contributed by atoms with Crippen LogP contribution in [0.3, 0.4) is 0 Å². The van der Waals surface area contributed by atoms with Gasteiger partial charge < -0.3 is 15.3 Å². The molecular weight excluding hydrogens is 486 g/mol. The van der Waals surface area contributed by atoms with E-state index < -0.39 is 16.2 Å². The second kappa shape index (κ2) is 13.3. The number of nitrogens with one attached hydrogen (secondary N) is 1. The van der Waals surface area contributed by atoms with Crippen molar-refractivity contribution in [2.75, 3.05) is 29.9 Å². The lowest BCUT2D eigenvalue weighted by atomic mass is 9.82. The fraction of sp³-hybridized carbons (Fsp3) is 0.552. The zero-order chi connectivity index (χ0) is 27.0. The number of fused-ring (bicyclic) bond motifs is 1. The zero-order valence-electron chi connectivity index (χ0n) is 22.2. The SMILES string of the molecule is CCc1ccc(NCC(C)C)cc1.N#CC1CCC(CN2CCC(O)c3cc(S(=O)(=O)O)ccc32)CC1. The van der Waals surface area contributed by atoms with Crippen molar-refractivity contribution < 1.29 is 18.1 Å². The zero-order valence-corrected chi connectivity index (χ0v) is 23.0. The van der Waals surface area contributed by atoms with Crippen LogP contribution in [0, 0.1) is 29.1 Å². The van der Waals surface area contributed by atoms with Crippen LogP contribution in [0.4, 0.5) is 11.4 Å². The number of aryl methyl sites for hydroxylation is 1. The molecule has 0 amide bonds. The number of nitrogens with zero attached hydrogens (tertiary/aromatic N) is 2. The first-order valence-electron chi connectivity index (χ1n) is 13.4. The van der Waals surface area contributed by atoms with Gasteiger partial charge in [0.2, 0.25) is 0 Å². The van der Waals surface area contributed by atoms with Gasteiger partial charge in [0.25, 0.3) is 10.1 Å². The largest absolute Gasteiger partial charge is 0.388 e. The Labute approximate surface area is 222 Å². The van der Waals surface area contributed by atoms with Crippen molar-refractivity contribution in [3.8, 4) is 6.07 Å². The van der Waals surface area contributed by atoms with E-state index in [1.54, 1.807) is 6.07 Å². The molecule has 1 aliphatic heterocycles. The predicted octanol–water partition coefficient (Wildman–Crippen LogP) is 5.82. The highest BCUT2D eigenvalue weighted by molar-refractivity contribution is 7.85. The van der Waals surface area contributed by atoms with Gasteiger partial charge >= 0.3 is 0 Å². The van der Waals surface area contributed by atoms with Gasteiger partial charge in [-0.25, -0.2) is 0 Å². The second-order valence-electron chi connectivity index (χ2n) is 10.6. The fourth-order valence-electron chi connectivity index (χ4n) is 4.96. The molecular formula is C29H41N3O4S. The molecule has 1 aliphatic carbocycles. The van der Waals surface area contributed by atoms with E-state index in [2.05, 4.69) is 61.3 Å². The Kier molecular flexibility index (Phi) is 10.4. The number of benzene rings is 2. The van der Waals surface area contributed by atoms with Gasteiger partial charge in [-0.3, -0.25) is 4.55 Å². The Morgan fingerprint density at radius 3 is 2.32 bits per heavy atom. The quantitative estimate of drug-likeness (QED) is 0.389. The van der Waals surface area contributed by atoms with Gasteiger partial charge in [-0.1, -0.05) is 32.9 Å². The maximum Gasteiger partial charge on any atom is 0.294 e. The summed E-state index contributed by atoms with van der Waals surface area (Å²) in [4.78, 5) is 2.00. The third kappa shape index (κ3) is 8.46. The minimum absolute atomic E-state index is 0.175. The van der Waals surface area contributed by atoms with E-state index in [1.165, 1.54) is 23.4 Å². The first-order valence-corrected chi connectivity index (χ1v) is 14.8. The Balaban J connectivity index is 0.000000248. The van der Waals surface area contributed by atoms with Crippen LogP contribution < -0.4 is 10.2 Å². The molecule has 37 heavy (non-hydrogen) atoms. The van der Waals surface area contributed by atoms with Gasteiger partial charge in [0.15, 0.2) is 0 Å². The van der Waals surface area contributed by atoms with Gasteiger partial charge in [0, 0.05) is 42.5 Å². The van der Waals surface area contributed by atoms with E-state index in [1.807, 2.05) is 0 Å². The summed E-state index contributed by atoms with van der Waals surface area (Å²) in [6.45, 7) is 9.23. The van der Waals surface area contributed by atoms with Crippen LogP contribution in [0.2, 0.25) is 0 Å². The molecule has 2 aromatic rings. The molecule has 0 saturated heterocycles. The number of aliphatic hydroxyl groups is 1. The molecule has 4 rings (SSSR count). The summed E-state index contributed by atoms with van der Waals surface area (Å²) in [6, 6.07) is 15.4. The Morgan fingerprint density at radius 1 is 1.08 bits per heavy atom. The van der Waals surface area contributed by atoms with Gasteiger partial charge in [-0.15, -0.1) is 0 Å². The standard InChI is InChI=1S/C17H22N2O4S.C12H19N/c18-10-12-1-3-13(4-2-12)11-19-8-7-17(20)15-9-14(24(21,22)23)5-6-16(15)19;1-4-11-5-7-12(8-6-11)13-9-10(2)3/h5-6,9,12-13,17,20H,1-4,7-8,11H2,(H,21,22,23);5-8,10,13H,4,9H2,1-3H3. The number of hydrogen-bond donors (Lipinski definition) is 3. The summed E-state index contributed by atoms with van der Waals surface area (Å²) in [5.41, 5.74) is 4.02. The number of rotatable bonds is 7. The monoisotopic (exact) mass is 527 g/mol. The predicted molar refractivity (Wildman–Crippen MR) is 148 cm³/mol. The molecule has 0 aromatic heterocycles. The maximum absolute atomic E-state index is 11.3. The third-order valence-electron chi connectivity index (χ3n) is 7.25. The van der Waals surface area contributed by atoms with E-state index in [9.17, 15) is 18.1 Å². The molecule has 2 aromatic carbocycles. The first kappa shape index (κ1) is 29.0. The summed E-state index contributed by atoms with van der Waals surface area (Å²) in [6.07, 6.45) is 4.86. The van der Waals surface area contributed by atoms with Crippen LogP contribution in [0.5, 0.6) is 0 Å². The molecule has 1 fully saturated rings. The second-order valence-corrected chi connectivity index (χ2v) is 12.0. The van der Waals surface area contributed by atoms with Gasteiger partial charge in [0.05, 0.1) is 17.1 Å². The van der Waals surface area contributed by atoms with Crippen molar-refractivity contribution in [1.29, 1.82) is 5.26 Å². The molecule has 7 nitrogen and oxygen atoms in total. The van der Waals surface area contributed by atoms with Crippen LogP contribution in [0.15, 0.2) is 47.4 Å². The summed E-state index contributed by atoms with van der Waals surface area (Å²) in [5, 5.41) is 22.6. The number of anilines is 2. The van der Waals surface area contributed by atoms with Gasteiger partial charge in [0.1, 0.15) is 0 Å². The van der Waals surface area contributed by atoms with E-state index in [-0.39, 0.29) is 10.8 Å². The highest BCUT2D eigenvalue weighted by atomic mass is 32.2. The van der Waals surface area contributed by atoms with E-state index in [0.717, 1.165) is 57.4 Å². The lowest BCUT2D eigenvalue weighted by molar-refractivity contribution is 0.162. The minimum Gasteiger partial charge on any atom is -0.388 e. The Morgan fingerprint density at radius 2 is 1.76 bits per heavy atom. The number of nitriles is 1.